The lowest BCUT2D eigenvalue weighted by atomic mass is 9.97. The summed E-state index contributed by atoms with van der Waals surface area (Å²) in [5.74, 6) is 1.18. The zero-order valence-electron chi connectivity index (χ0n) is 14.4. The molecule has 0 aromatic heterocycles. The number of aromatic hydroxyl groups is 1. The van der Waals surface area contributed by atoms with Crippen molar-refractivity contribution in [2.45, 2.75) is 12.1 Å². The Kier molecular flexibility index (Phi) is 4.32. The molecule has 1 aliphatic heterocycles. The average Bonchev–Trinajstić information content (AvgIpc) is 3.15. The molecule has 0 unspecified atom stereocenters. The SMILES string of the molecule is COc1ccc(O)c(C2=N[C@@H](c3ccccc3)[C@H](c3ccccc3)O2)c1. The first-order valence-electron chi connectivity index (χ1n) is 8.48. The van der Waals surface area contributed by atoms with E-state index in [2.05, 4.69) is 0 Å². The Bertz CT molecular complexity index is 923. The van der Waals surface area contributed by atoms with Gasteiger partial charge in [0.2, 0.25) is 5.90 Å². The van der Waals surface area contributed by atoms with Crippen molar-refractivity contribution in [2.75, 3.05) is 7.11 Å². The van der Waals surface area contributed by atoms with Crippen molar-refractivity contribution in [2.24, 2.45) is 4.99 Å². The van der Waals surface area contributed by atoms with E-state index in [0.29, 0.717) is 17.2 Å². The number of hydrogen-bond acceptors (Lipinski definition) is 4. The number of aliphatic imine (C=N–C) groups is 1. The van der Waals surface area contributed by atoms with Crippen LogP contribution in [0.15, 0.2) is 83.9 Å². The molecule has 2 atom stereocenters. The zero-order valence-corrected chi connectivity index (χ0v) is 14.4. The van der Waals surface area contributed by atoms with Gasteiger partial charge in [0.1, 0.15) is 17.5 Å². The summed E-state index contributed by atoms with van der Waals surface area (Å²) < 4.78 is 11.5. The third kappa shape index (κ3) is 3.02. The molecule has 1 aliphatic rings. The number of ether oxygens (including phenoxy) is 2. The van der Waals surface area contributed by atoms with Crippen LogP contribution in [0.2, 0.25) is 0 Å². The predicted octanol–water partition coefficient (Wildman–Crippen LogP) is 4.66. The lowest BCUT2D eigenvalue weighted by Crippen LogP contribution is -2.09. The molecule has 0 saturated heterocycles. The summed E-state index contributed by atoms with van der Waals surface area (Å²) in [5.41, 5.74) is 2.64. The Hall–Kier alpha value is -3.27. The number of phenolic OH excluding ortho intramolecular Hbond substituents is 1. The second-order valence-electron chi connectivity index (χ2n) is 6.12. The summed E-state index contributed by atoms with van der Waals surface area (Å²) in [4.78, 5) is 4.80. The van der Waals surface area contributed by atoms with Crippen molar-refractivity contribution >= 4 is 5.90 Å². The fourth-order valence-corrected chi connectivity index (χ4v) is 3.15. The Morgan fingerprint density at radius 2 is 1.54 bits per heavy atom. The first-order valence-corrected chi connectivity index (χ1v) is 8.48. The topological polar surface area (TPSA) is 51.0 Å². The van der Waals surface area contributed by atoms with Crippen LogP contribution in [0.25, 0.3) is 0 Å². The van der Waals surface area contributed by atoms with Crippen molar-refractivity contribution in [1.82, 2.24) is 0 Å². The molecule has 0 spiro atoms. The molecule has 0 bridgehead atoms. The van der Waals surface area contributed by atoms with Gasteiger partial charge in [-0.05, 0) is 29.3 Å². The Morgan fingerprint density at radius 1 is 0.885 bits per heavy atom. The smallest absolute Gasteiger partial charge is 0.221 e. The zero-order chi connectivity index (χ0) is 17.9. The van der Waals surface area contributed by atoms with Gasteiger partial charge in [0.25, 0.3) is 0 Å². The van der Waals surface area contributed by atoms with Crippen molar-refractivity contribution in [3.63, 3.8) is 0 Å². The lowest BCUT2D eigenvalue weighted by Gasteiger charge is -2.18. The minimum Gasteiger partial charge on any atom is -0.507 e. The number of rotatable bonds is 4. The Morgan fingerprint density at radius 3 is 2.19 bits per heavy atom. The third-order valence-corrected chi connectivity index (χ3v) is 4.49. The highest BCUT2D eigenvalue weighted by molar-refractivity contribution is 5.98. The Labute approximate surface area is 152 Å². The summed E-state index contributed by atoms with van der Waals surface area (Å²) in [6.07, 6.45) is -0.251. The molecule has 1 N–H and O–H groups in total. The highest BCUT2D eigenvalue weighted by atomic mass is 16.5. The van der Waals surface area contributed by atoms with E-state index in [4.69, 9.17) is 14.5 Å². The first kappa shape index (κ1) is 16.2. The van der Waals surface area contributed by atoms with E-state index in [1.54, 1.807) is 25.3 Å². The Balaban J connectivity index is 1.78. The highest BCUT2D eigenvalue weighted by Gasteiger charge is 2.34. The van der Waals surface area contributed by atoms with Gasteiger partial charge in [0, 0.05) is 0 Å². The van der Waals surface area contributed by atoms with Gasteiger partial charge in [-0.1, -0.05) is 60.7 Å². The van der Waals surface area contributed by atoms with Crippen molar-refractivity contribution < 1.29 is 14.6 Å². The third-order valence-electron chi connectivity index (χ3n) is 4.49. The van der Waals surface area contributed by atoms with E-state index in [1.165, 1.54) is 0 Å². The summed E-state index contributed by atoms with van der Waals surface area (Å²) in [6.45, 7) is 0. The van der Waals surface area contributed by atoms with E-state index in [0.717, 1.165) is 11.1 Å². The second-order valence-corrected chi connectivity index (χ2v) is 6.12. The molecule has 4 heteroatoms. The van der Waals surface area contributed by atoms with Gasteiger partial charge in [-0.15, -0.1) is 0 Å². The maximum atomic E-state index is 10.3. The second kappa shape index (κ2) is 6.92. The average molecular weight is 345 g/mol. The van der Waals surface area contributed by atoms with Crippen LogP contribution < -0.4 is 4.74 Å². The van der Waals surface area contributed by atoms with Gasteiger partial charge < -0.3 is 14.6 Å². The van der Waals surface area contributed by atoms with Gasteiger partial charge in [-0.2, -0.15) is 0 Å². The quantitative estimate of drug-likeness (QED) is 0.748. The molecule has 0 saturated carbocycles. The summed E-state index contributed by atoms with van der Waals surface area (Å²) in [5, 5.41) is 10.3. The predicted molar refractivity (Wildman–Crippen MR) is 101 cm³/mol. The molecule has 0 radical (unpaired) electrons. The first-order chi connectivity index (χ1) is 12.8. The van der Waals surface area contributed by atoms with Crippen LogP contribution in [0.5, 0.6) is 11.5 Å². The van der Waals surface area contributed by atoms with E-state index in [-0.39, 0.29) is 17.9 Å². The normalized spacial score (nSPS) is 18.9. The number of hydrogen-bond donors (Lipinski definition) is 1. The summed E-state index contributed by atoms with van der Waals surface area (Å²) in [7, 11) is 1.59. The molecule has 130 valence electrons. The van der Waals surface area contributed by atoms with E-state index in [1.807, 2.05) is 60.7 Å². The minimum absolute atomic E-state index is 0.116. The van der Waals surface area contributed by atoms with Crippen LogP contribution in [0.1, 0.15) is 28.8 Å². The van der Waals surface area contributed by atoms with Gasteiger partial charge in [0.15, 0.2) is 6.10 Å². The highest BCUT2D eigenvalue weighted by Crippen LogP contribution is 2.42. The lowest BCUT2D eigenvalue weighted by molar-refractivity contribution is 0.196. The van der Waals surface area contributed by atoms with Crippen LogP contribution in [0.4, 0.5) is 0 Å². The molecule has 0 aliphatic carbocycles. The number of phenols is 1. The van der Waals surface area contributed by atoms with Crippen molar-refractivity contribution in [3.05, 3.63) is 95.6 Å². The molecule has 0 fully saturated rings. The van der Waals surface area contributed by atoms with Crippen LogP contribution in [-0.4, -0.2) is 18.1 Å². The maximum absolute atomic E-state index is 10.3. The van der Waals surface area contributed by atoms with Gasteiger partial charge >= 0.3 is 0 Å². The molecule has 26 heavy (non-hydrogen) atoms. The maximum Gasteiger partial charge on any atom is 0.221 e. The van der Waals surface area contributed by atoms with E-state index in [9.17, 15) is 5.11 Å². The number of nitrogens with zero attached hydrogens (tertiary/aromatic N) is 1. The van der Waals surface area contributed by atoms with Gasteiger partial charge in [-0.3, -0.25) is 0 Å². The molecular weight excluding hydrogens is 326 g/mol. The fraction of sp³-hybridized carbons (Fsp3) is 0.136. The summed E-state index contributed by atoms with van der Waals surface area (Å²) >= 11 is 0. The van der Waals surface area contributed by atoms with Crippen LogP contribution >= 0.6 is 0 Å². The number of methoxy groups -OCH3 is 1. The standard InChI is InChI=1S/C22H19NO3/c1-25-17-12-13-19(24)18(14-17)22-23-20(15-8-4-2-5-9-15)21(26-22)16-10-6-3-7-11-16/h2-14,20-21,24H,1H3/t20-,21-/m0/s1. The number of benzene rings is 3. The van der Waals surface area contributed by atoms with Crippen molar-refractivity contribution in [3.8, 4) is 11.5 Å². The fourth-order valence-electron chi connectivity index (χ4n) is 3.15. The summed E-state index contributed by atoms with van der Waals surface area (Å²) in [6, 6.07) is 24.9. The van der Waals surface area contributed by atoms with Crippen LogP contribution in [0, 0.1) is 0 Å². The van der Waals surface area contributed by atoms with E-state index >= 15 is 0 Å². The minimum atomic E-state index is -0.251. The van der Waals surface area contributed by atoms with E-state index < -0.39 is 0 Å². The monoisotopic (exact) mass is 345 g/mol. The largest absolute Gasteiger partial charge is 0.507 e. The molecule has 3 aromatic carbocycles. The molecule has 4 rings (SSSR count). The molecule has 0 amide bonds. The van der Waals surface area contributed by atoms with Crippen molar-refractivity contribution in [1.29, 1.82) is 0 Å². The molecule has 3 aromatic rings. The molecular formula is C22H19NO3. The molecule has 1 heterocycles. The van der Waals surface area contributed by atoms with Crippen LogP contribution in [-0.2, 0) is 4.74 Å². The van der Waals surface area contributed by atoms with Crippen LogP contribution in [0.3, 0.4) is 0 Å². The molecule has 4 nitrogen and oxygen atoms in total. The van der Waals surface area contributed by atoms with Gasteiger partial charge in [0.05, 0.1) is 12.7 Å². The van der Waals surface area contributed by atoms with Gasteiger partial charge in [-0.25, -0.2) is 4.99 Å².